The first-order valence-electron chi connectivity index (χ1n) is 8.43. The largest absolute Gasteiger partial charge is 0.495 e. The molecule has 1 heterocycles. The number of amides is 3. The molecule has 0 saturated heterocycles. The Morgan fingerprint density at radius 3 is 2.69 bits per heavy atom. The Morgan fingerprint density at radius 2 is 1.92 bits per heavy atom. The van der Waals surface area contributed by atoms with Crippen LogP contribution in [0.25, 0.3) is 21.9 Å². The predicted molar refractivity (Wildman–Crippen MR) is 101 cm³/mol. The molecule has 0 aliphatic carbocycles. The van der Waals surface area contributed by atoms with E-state index in [1.54, 1.807) is 13.2 Å². The van der Waals surface area contributed by atoms with Gasteiger partial charge in [-0.05, 0) is 18.6 Å². The number of nitrogens with one attached hydrogen (secondary N) is 3. The zero-order valence-electron chi connectivity index (χ0n) is 14.7. The molecule has 3 amide bonds. The van der Waals surface area contributed by atoms with Crippen molar-refractivity contribution in [2.75, 3.05) is 25.5 Å². The van der Waals surface area contributed by atoms with E-state index in [2.05, 4.69) is 16.0 Å². The van der Waals surface area contributed by atoms with Crippen LogP contribution in [0.3, 0.4) is 0 Å². The van der Waals surface area contributed by atoms with Crippen LogP contribution in [0.15, 0.2) is 40.8 Å². The van der Waals surface area contributed by atoms with Crippen LogP contribution >= 0.6 is 0 Å². The minimum Gasteiger partial charge on any atom is -0.495 e. The lowest BCUT2D eigenvalue weighted by Crippen LogP contribution is -2.42. The molecule has 0 bridgehead atoms. The van der Waals surface area contributed by atoms with Gasteiger partial charge in [0, 0.05) is 23.4 Å². The number of para-hydroxylation sites is 1. The number of methoxy groups -OCH3 is 1. The number of benzene rings is 2. The van der Waals surface area contributed by atoms with E-state index in [1.165, 1.54) is 0 Å². The Balaban J connectivity index is 1.76. The number of furan rings is 1. The van der Waals surface area contributed by atoms with Gasteiger partial charge in [0.2, 0.25) is 5.91 Å². The van der Waals surface area contributed by atoms with E-state index in [0.717, 1.165) is 22.8 Å². The van der Waals surface area contributed by atoms with Crippen molar-refractivity contribution in [2.45, 2.75) is 13.3 Å². The maximum Gasteiger partial charge on any atom is 0.321 e. The number of carbonyl (C=O) groups excluding carboxylic acids is 2. The van der Waals surface area contributed by atoms with Crippen molar-refractivity contribution in [1.82, 2.24) is 10.6 Å². The fraction of sp³-hybridized carbons (Fsp3) is 0.263. The summed E-state index contributed by atoms with van der Waals surface area (Å²) in [5, 5.41) is 9.77. The summed E-state index contributed by atoms with van der Waals surface area (Å²) in [4.78, 5) is 23.4. The maximum absolute atomic E-state index is 11.9. The van der Waals surface area contributed by atoms with E-state index in [1.807, 2.05) is 37.3 Å². The normalized spacial score (nSPS) is 10.7. The van der Waals surface area contributed by atoms with Gasteiger partial charge in [0.25, 0.3) is 0 Å². The van der Waals surface area contributed by atoms with E-state index >= 15 is 0 Å². The molecule has 2 aromatic carbocycles. The van der Waals surface area contributed by atoms with Crippen molar-refractivity contribution in [2.24, 2.45) is 0 Å². The van der Waals surface area contributed by atoms with Crippen LogP contribution in [0, 0.1) is 0 Å². The molecule has 3 N–H and O–H groups in total. The summed E-state index contributed by atoms with van der Waals surface area (Å²) in [6, 6.07) is 10.9. The second-order valence-electron chi connectivity index (χ2n) is 5.80. The minimum atomic E-state index is -0.502. The first kappa shape index (κ1) is 17.6. The first-order chi connectivity index (χ1) is 12.6. The molecule has 26 heavy (non-hydrogen) atoms. The molecule has 0 aliphatic rings. The standard InChI is InChI=1S/C19H21N3O4/c1-3-8-20-19(24)22-18(23)11-21-14-10-16-13(9-17(14)25-2)12-6-4-5-7-15(12)26-16/h4-7,9-10,21H,3,8,11H2,1-2H3,(H2,20,22,23,24). The fourth-order valence-corrected chi connectivity index (χ4v) is 2.69. The quantitative estimate of drug-likeness (QED) is 0.631. The number of anilines is 1. The molecular formula is C19H21N3O4. The predicted octanol–water partition coefficient (Wildman–Crippen LogP) is 3.24. The maximum atomic E-state index is 11.9. The minimum absolute atomic E-state index is 0.0678. The number of ether oxygens (including phenoxy) is 1. The average Bonchev–Trinajstić information content (AvgIpc) is 3.01. The Labute approximate surface area is 150 Å². The summed E-state index contributed by atoms with van der Waals surface area (Å²) in [7, 11) is 1.56. The van der Waals surface area contributed by atoms with E-state index in [4.69, 9.17) is 9.15 Å². The number of urea groups is 1. The molecule has 0 aliphatic heterocycles. The molecule has 7 nitrogen and oxygen atoms in total. The third-order valence-corrected chi connectivity index (χ3v) is 3.93. The third kappa shape index (κ3) is 3.72. The van der Waals surface area contributed by atoms with Gasteiger partial charge in [0.05, 0.1) is 19.3 Å². The SMILES string of the molecule is CCCNC(=O)NC(=O)CNc1cc2oc3ccccc3c2cc1OC. The second kappa shape index (κ2) is 7.77. The van der Waals surface area contributed by atoms with Gasteiger partial charge in [-0.1, -0.05) is 25.1 Å². The van der Waals surface area contributed by atoms with Gasteiger partial charge < -0.3 is 19.8 Å². The Hall–Kier alpha value is -3.22. The summed E-state index contributed by atoms with van der Waals surface area (Å²) >= 11 is 0. The highest BCUT2D eigenvalue weighted by molar-refractivity contribution is 6.06. The number of hydrogen-bond acceptors (Lipinski definition) is 5. The molecule has 3 rings (SSSR count). The molecule has 0 unspecified atom stereocenters. The van der Waals surface area contributed by atoms with Crippen molar-refractivity contribution < 1.29 is 18.7 Å². The zero-order valence-corrected chi connectivity index (χ0v) is 14.7. The molecule has 0 spiro atoms. The van der Waals surface area contributed by atoms with Crippen LogP contribution < -0.4 is 20.7 Å². The van der Waals surface area contributed by atoms with E-state index in [0.29, 0.717) is 23.6 Å². The summed E-state index contributed by atoms with van der Waals surface area (Å²) in [6.45, 7) is 2.38. The van der Waals surface area contributed by atoms with Crippen LogP contribution in [0.4, 0.5) is 10.5 Å². The average molecular weight is 355 g/mol. The van der Waals surface area contributed by atoms with E-state index in [-0.39, 0.29) is 6.54 Å². The lowest BCUT2D eigenvalue weighted by molar-refractivity contribution is -0.118. The lowest BCUT2D eigenvalue weighted by Gasteiger charge is -2.11. The van der Waals surface area contributed by atoms with Crippen molar-refractivity contribution in [1.29, 1.82) is 0 Å². The number of rotatable bonds is 6. The number of fused-ring (bicyclic) bond motifs is 3. The molecule has 0 radical (unpaired) electrons. The highest BCUT2D eigenvalue weighted by Crippen LogP contribution is 2.36. The molecule has 0 saturated carbocycles. The van der Waals surface area contributed by atoms with Crippen LogP contribution in [0.1, 0.15) is 13.3 Å². The summed E-state index contributed by atoms with van der Waals surface area (Å²) in [5.74, 6) is 0.151. The van der Waals surface area contributed by atoms with Gasteiger partial charge in [-0.2, -0.15) is 0 Å². The third-order valence-electron chi connectivity index (χ3n) is 3.93. The van der Waals surface area contributed by atoms with E-state index in [9.17, 15) is 9.59 Å². The highest BCUT2D eigenvalue weighted by atomic mass is 16.5. The van der Waals surface area contributed by atoms with Gasteiger partial charge in [-0.25, -0.2) is 4.79 Å². The number of carbonyl (C=O) groups is 2. The summed E-state index contributed by atoms with van der Waals surface area (Å²) in [6.07, 6.45) is 0.800. The lowest BCUT2D eigenvalue weighted by atomic mass is 10.1. The molecule has 0 fully saturated rings. The topological polar surface area (TPSA) is 92.6 Å². The van der Waals surface area contributed by atoms with Crippen LogP contribution in [-0.4, -0.2) is 32.1 Å². The molecule has 3 aromatic rings. The van der Waals surface area contributed by atoms with Crippen LogP contribution in [0.5, 0.6) is 5.75 Å². The van der Waals surface area contributed by atoms with Gasteiger partial charge in [-0.3, -0.25) is 10.1 Å². The van der Waals surface area contributed by atoms with Gasteiger partial charge in [0.1, 0.15) is 16.9 Å². The Kier molecular flexibility index (Phi) is 5.26. The first-order valence-corrected chi connectivity index (χ1v) is 8.43. The highest BCUT2D eigenvalue weighted by Gasteiger charge is 2.13. The van der Waals surface area contributed by atoms with Crippen molar-refractivity contribution >= 4 is 39.6 Å². The van der Waals surface area contributed by atoms with Crippen molar-refractivity contribution in [3.05, 3.63) is 36.4 Å². The summed E-state index contributed by atoms with van der Waals surface area (Å²) < 4.78 is 11.3. The van der Waals surface area contributed by atoms with Gasteiger partial charge in [0.15, 0.2) is 0 Å². The van der Waals surface area contributed by atoms with E-state index < -0.39 is 11.9 Å². The molecule has 1 aromatic heterocycles. The molecule has 0 atom stereocenters. The smallest absolute Gasteiger partial charge is 0.321 e. The zero-order chi connectivity index (χ0) is 18.5. The molecular weight excluding hydrogens is 334 g/mol. The Bertz CT molecular complexity index is 949. The number of hydrogen-bond donors (Lipinski definition) is 3. The monoisotopic (exact) mass is 355 g/mol. The Morgan fingerprint density at radius 1 is 1.12 bits per heavy atom. The second-order valence-corrected chi connectivity index (χ2v) is 5.80. The fourth-order valence-electron chi connectivity index (χ4n) is 2.69. The van der Waals surface area contributed by atoms with Gasteiger partial charge in [-0.15, -0.1) is 0 Å². The van der Waals surface area contributed by atoms with Crippen LogP contribution in [0.2, 0.25) is 0 Å². The molecule has 136 valence electrons. The number of imide groups is 1. The molecule has 7 heteroatoms. The van der Waals surface area contributed by atoms with Crippen molar-refractivity contribution in [3.63, 3.8) is 0 Å². The van der Waals surface area contributed by atoms with Crippen LogP contribution in [-0.2, 0) is 4.79 Å². The van der Waals surface area contributed by atoms with Crippen molar-refractivity contribution in [3.8, 4) is 5.75 Å². The summed E-state index contributed by atoms with van der Waals surface area (Å²) in [5.41, 5.74) is 2.09. The van der Waals surface area contributed by atoms with Gasteiger partial charge >= 0.3 is 6.03 Å².